The Morgan fingerprint density at radius 1 is 1.27 bits per heavy atom. The van der Waals surface area contributed by atoms with E-state index in [1.807, 2.05) is 11.9 Å². The van der Waals surface area contributed by atoms with Crippen molar-refractivity contribution in [3.8, 4) is 0 Å². The molecule has 0 aliphatic carbocycles. The van der Waals surface area contributed by atoms with E-state index in [1.54, 1.807) is 0 Å². The molecule has 0 saturated carbocycles. The summed E-state index contributed by atoms with van der Waals surface area (Å²) in [6, 6.07) is 0. The minimum Gasteiger partial charge on any atom is -0.365 e. The lowest BCUT2D eigenvalue weighted by molar-refractivity contribution is -0.0829. The van der Waals surface area contributed by atoms with E-state index in [4.69, 9.17) is 0 Å². The first-order valence-corrected chi connectivity index (χ1v) is 4.08. The summed E-state index contributed by atoms with van der Waals surface area (Å²) in [4.78, 5) is 4.04. The molecule has 3 heteroatoms. The SMILES string of the molecule is CN1CCN(C(C)(C)C)C1O. The second-order valence-electron chi connectivity index (χ2n) is 4.19. The van der Waals surface area contributed by atoms with Crippen LogP contribution in [0.4, 0.5) is 0 Å². The Kier molecular flexibility index (Phi) is 2.23. The van der Waals surface area contributed by atoms with E-state index in [-0.39, 0.29) is 5.54 Å². The Hall–Kier alpha value is -0.120. The first kappa shape index (κ1) is 8.97. The van der Waals surface area contributed by atoms with Crippen LogP contribution in [0.5, 0.6) is 0 Å². The Labute approximate surface area is 68.6 Å². The van der Waals surface area contributed by atoms with Crippen LogP contribution in [0.25, 0.3) is 0 Å². The van der Waals surface area contributed by atoms with Crippen LogP contribution in [-0.2, 0) is 0 Å². The van der Waals surface area contributed by atoms with E-state index in [1.165, 1.54) is 0 Å². The molecule has 11 heavy (non-hydrogen) atoms. The van der Waals surface area contributed by atoms with Gasteiger partial charge in [-0.15, -0.1) is 0 Å². The van der Waals surface area contributed by atoms with Crippen molar-refractivity contribution in [3.63, 3.8) is 0 Å². The fourth-order valence-corrected chi connectivity index (χ4v) is 1.42. The maximum atomic E-state index is 9.64. The number of hydrogen-bond donors (Lipinski definition) is 1. The molecule has 0 aromatic heterocycles. The molecule has 0 aromatic rings. The normalized spacial score (nSPS) is 29.7. The van der Waals surface area contributed by atoms with Gasteiger partial charge >= 0.3 is 0 Å². The minimum atomic E-state index is -0.394. The van der Waals surface area contributed by atoms with E-state index in [0.29, 0.717) is 0 Å². The van der Waals surface area contributed by atoms with E-state index in [0.717, 1.165) is 13.1 Å². The fourth-order valence-electron chi connectivity index (χ4n) is 1.42. The topological polar surface area (TPSA) is 26.7 Å². The lowest BCUT2D eigenvalue weighted by Gasteiger charge is -2.34. The van der Waals surface area contributed by atoms with Gasteiger partial charge in [-0.05, 0) is 27.8 Å². The summed E-state index contributed by atoms with van der Waals surface area (Å²) in [6.45, 7) is 8.28. The average molecular weight is 158 g/mol. The number of rotatable bonds is 0. The zero-order chi connectivity index (χ0) is 8.65. The number of aliphatic hydroxyl groups excluding tert-OH is 1. The van der Waals surface area contributed by atoms with Gasteiger partial charge in [0.2, 0.25) is 0 Å². The molecule has 1 saturated heterocycles. The van der Waals surface area contributed by atoms with Crippen LogP contribution < -0.4 is 0 Å². The van der Waals surface area contributed by atoms with Crippen molar-refractivity contribution in [1.29, 1.82) is 0 Å². The predicted octanol–water partition coefficient (Wildman–Crippen LogP) is 0.308. The summed E-state index contributed by atoms with van der Waals surface area (Å²) in [5.74, 6) is 0. The first-order chi connectivity index (χ1) is 4.93. The Morgan fingerprint density at radius 2 is 1.82 bits per heavy atom. The van der Waals surface area contributed by atoms with E-state index >= 15 is 0 Å². The van der Waals surface area contributed by atoms with Crippen molar-refractivity contribution < 1.29 is 5.11 Å². The largest absolute Gasteiger partial charge is 0.365 e. The van der Waals surface area contributed by atoms with Crippen molar-refractivity contribution in [2.45, 2.75) is 32.7 Å². The van der Waals surface area contributed by atoms with Gasteiger partial charge in [0, 0.05) is 18.6 Å². The lowest BCUT2D eigenvalue weighted by atomic mass is 10.1. The van der Waals surface area contributed by atoms with Gasteiger partial charge in [0.05, 0.1) is 0 Å². The monoisotopic (exact) mass is 158 g/mol. The number of hydrogen-bond acceptors (Lipinski definition) is 3. The summed E-state index contributed by atoms with van der Waals surface area (Å²) in [7, 11) is 1.94. The highest BCUT2D eigenvalue weighted by molar-refractivity contribution is 4.83. The third-order valence-electron chi connectivity index (χ3n) is 2.23. The van der Waals surface area contributed by atoms with Crippen LogP contribution in [0.2, 0.25) is 0 Å². The quantitative estimate of drug-likeness (QED) is 0.549. The molecule has 0 spiro atoms. The molecule has 1 atom stereocenters. The van der Waals surface area contributed by atoms with Gasteiger partial charge < -0.3 is 5.11 Å². The van der Waals surface area contributed by atoms with Gasteiger partial charge in [0.25, 0.3) is 0 Å². The highest BCUT2D eigenvalue weighted by Gasteiger charge is 2.34. The Bertz CT molecular complexity index is 142. The molecule has 1 N–H and O–H groups in total. The fraction of sp³-hybridized carbons (Fsp3) is 1.00. The van der Waals surface area contributed by atoms with E-state index < -0.39 is 6.35 Å². The first-order valence-electron chi connectivity index (χ1n) is 4.08. The second kappa shape index (κ2) is 2.73. The molecule has 66 valence electrons. The van der Waals surface area contributed by atoms with Crippen LogP contribution in [0.3, 0.4) is 0 Å². The molecule has 1 aliphatic heterocycles. The average Bonchev–Trinajstić information content (AvgIpc) is 2.11. The molecular formula is C8H18N2O. The van der Waals surface area contributed by atoms with Gasteiger partial charge in [-0.2, -0.15) is 0 Å². The van der Waals surface area contributed by atoms with Gasteiger partial charge in [-0.25, -0.2) is 0 Å². The maximum absolute atomic E-state index is 9.64. The van der Waals surface area contributed by atoms with Crippen LogP contribution in [0.1, 0.15) is 20.8 Å². The molecule has 3 nitrogen and oxygen atoms in total. The number of likely N-dealkylation sites (N-methyl/N-ethyl adjacent to an activating group) is 1. The maximum Gasteiger partial charge on any atom is 0.165 e. The highest BCUT2D eigenvalue weighted by atomic mass is 16.3. The zero-order valence-corrected chi connectivity index (χ0v) is 7.83. The summed E-state index contributed by atoms with van der Waals surface area (Å²) in [6.07, 6.45) is -0.394. The van der Waals surface area contributed by atoms with Crippen LogP contribution in [-0.4, -0.2) is 46.9 Å². The van der Waals surface area contributed by atoms with Crippen LogP contribution in [0.15, 0.2) is 0 Å². The molecule has 0 bridgehead atoms. The van der Waals surface area contributed by atoms with Gasteiger partial charge in [-0.3, -0.25) is 9.80 Å². The van der Waals surface area contributed by atoms with Crippen molar-refractivity contribution in [2.75, 3.05) is 20.1 Å². The van der Waals surface area contributed by atoms with Crippen molar-refractivity contribution in [2.24, 2.45) is 0 Å². The smallest absolute Gasteiger partial charge is 0.165 e. The number of aliphatic hydroxyl groups is 1. The summed E-state index contributed by atoms with van der Waals surface area (Å²) < 4.78 is 0. The second-order valence-corrected chi connectivity index (χ2v) is 4.19. The molecule has 1 fully saturated rings. The van der Waals surface area contributed by atoms with E-state index in [2.05, 4.69) is 25.7 Å². The van der Waals surface area contributed by atoms with Crippen LogP contribution in [0, 0.1) is 0 Å². The molecule has 0 amide bonds. The molecule has 1 unspecified atom stereocenters. The standard InChI is InChI=1S/C8H18N2O/c1-8(2,3)10-6-5-9(4)7(10)11/h7,11H,5-6H2,1-4H3. The highest BCUT2D eigenvalue weighted by Crippen LogP contribution is 2.21. The Balaban J connectivity index is 2.62. The molecule has 0 radical (unpaired) electrons. The summed E-state index contributed by atoms with van der Waals surface area (Å²) in [5, 5.41) is 9.64. The van der Waals surface area contributed by atoms with Crippen molar-refractivity contribution in [3.05, 3.63) is 0 Å². The van der Waals surface area contributed by atoms with Gasteiger partial charge in [0.1, 0.15) is 0 Å². The van der Waals surface area contributed by atoms with Crippen LogP contribution >= 0.6 is 0 Å². The molecular weight excluding hydrogens is 140 g/mol. The molecule has 1 heterocycles. The molecule has 0 aromatic carbocycles. The zero-order valence-electron chi connectivity index (χ0n) is 7.83. The number of nitrogens with zero attached hydrogens (tertiary/aromatic N) is 2. The molecule has 1 aliphatic rings. The summed E-state index contributed by atoms with van der Waals surface area (Å²) >= 11 is 0. The minimum absolute atomic E-state index is 0.0736. The van der Waals surface area contributed by atoms with E-state index in [9.17, 15) is 5.11 Å². The Morgan fingerprint density at radius 3 is 2.00 bits per heavy atom. The third kappa shape index (κ3) is 1.72. The summed E-state index contributed by atoms with van der Waals surface area (Å²) in [5.41, 5.74) is 0.0736. The van der Waals surface area contributed by atoms with Gasteiger partial charge in [-0.1, -0.05) is 0 Å². The van der Waals surface area contributed by atoms with Crippen molar-refractivity contribution >= 4 is 0 Å². The molecule has 1 rings (SSSR count). The van der Waals surface area contributed by atoms with Crippen molar-refractivity contribution in [1.82, 2.24) is 9.80 Å². The van der Waals surface area contributed by atoms with Gasteiger partial charge in [0.15, 0.2) is 6.35 Å². The third-order valence-corrected chi connectivity index (χ3v) is 2.23. The predicted molar refractivity (Wildman–Crippen MR) is 45.1 cm³/mol. The lowest BCUT2D eigenvalue weighted by Crippen LogP contribution is -2.47.